The first kappa shape index (κ1) is 19.9. The number of sulfonamides is 1. The van der Waals surface area contributed by atoms with E-state index >= 15 is 0 Å². The van der Waals surface area contributed by atoms with Gasteiger partial charge in [-0.3, -0.25) is 4.79 Å². The van der Waals surface area contributed by atoms with Crippen molar-refractivity contribution in [3.63, 3.8) is 0 Å². The largest absolute Gasteiger partial charge is 0.497 e. The maximum Gasteiger partial charge on any atom is 0.238 e. The molecule has 8 heteroatoms. The lowest BCUT2D eigenvalue weighted by molar-refractivity contribution is -0.116. The number of hydrogen-bond donors (Lipinski definition) is 3. The number of nitrogens with one attached hydrogen (secondary N) is 2. The molecule has 2 aromatic carbocycles. The summed E-state index contributed by atoms with van der Waals surface area (Å²) in [6.07, 6.45) is 1.07. The predicted molar refractivity (Wildman–Crippen MR) is 101 cm³/mol. The minimum Gasteiger partial charge on any atom is -0.497 e. The van der Waals surface area contributed by atoms with E-state index in [1.807, 2.05) is 12.1 Å². The van der Waals surface area contributed by atoms with Crippen LogP contribution < -0.4 is 20.5 Å². The Morgan fingerprint density at radius 3 is 2.50 bits per heavy atom. The summed E-state index contributed by atoms with van der Waals surface area (Å²) in [5.41, 5.74) is 1.69. The van der Waals surface area contributed by atoms with Crippen molar-refractivity contribution >= 4 is 21.6 Å². The summed E-state index contributed by atoms with van der Waals surface area (Å²) in [7, 11) is -2.08. The van der Waals surface area contributed by atoms with E-state index in [0.29, 0.717) is 30.9 Å². The van der Waals surface area contributed by atoms with E-state index in [0.717, 1.165) is 12.0 Å². The van der Waals surface area contributed by atoms with E-state index in [2.05, 4.69) is 10.6 Å². The molecule has 0 atom stereocenters. The summed E-state index contributed by atoms with van der Waals surface area (Å²) in [6, 6.07) is 13.6. The number of primary sulfonamides is 1. The highest BCUT2D eigenvalue weighted by molar-refractivity contribution is 7.89. The molecule has 0 aliphatic carbocycles. The first-order valence-corrected chi connectivity index (χ1v) is 9.69. The number of hydrogen-bond acceptors (Lipinski definition) is 5. The number of benzene rings is 2. The summed E-state index contributed by atoms with van der Waals surface area (Å²) >= 11 is 0. The van der Waals surface area contributed by atoms with E-state index in [-0.39, 0.29) is 10.8 Å². The molecule has 0 unspecified atom stereocenters. The topological polar surface area (TPSA) is 111 Å². The smallest absolute Gasteiger partial charge is 0.238 e. The van der Waals surface area contributed by atoms with Gasteiger partial charge in [-0.05, 0) is 42.8 Å². The van der Waals surface area contributed by atoms with Gasteiger partial charge in [-0.25, -0.2) is 13.6 Å². The van der Waals surface area contributed by atoms with Gasteiger partial charge in [0.05, 0.1) is 12.0 Å². The standard InChI is InChI=1S/C18H23N3O4S/c1-25-16-4-2-3-15(13-16)21-18(22)10-12-20-11-9-14-5-7-17(8-6-14)26(19,23)24/h2-8,13,20H,9-12H2,1H3,(H,21,22)(H2,19,23,24). The van der Waals surface area contributed by atoms with Crippen molar-refractivity contribution < 1.29 is 17.9 Å². The fourth-order valence-electron chi connectivity index (χ4n) is 2.33. The fourth-order valence-corrected chi connectivity index (χ4v) is 2.85. The van der Waals surface area contributed by atoms with Crippen LogP contribution in [0.5, 0.6) is 5.75 Å². The Kier molecular flexibility index (Phi) is 7.14. The Hall–Kier alpha value is -2.42. The molecule has 1 amide bonds. The summed E-state index contributed by atoms with van der Waals surface area (Å²) in [5, 5.41) is 11.1. The normalized spacial score (nSPS) is 11.2. The van der Waals surface area contributed by atoms with Gasteiger partial charge in [0.25, 0.3) is 0 Å². The maximum absolute atomic E-state index is 11.9. The molecular formula is C18H23N3O4S. The summed E-state index contributed by atoms with van der Waals surface area (Å²) < 4.78 is 27.5. The number of carbonyl (C=O) groups excluding carboxylic acids is 1. The minimum atomic E-state index is -3.66. The van der Waals surface area contributed by atoms with E-state index in [1.165, 1.54) is 12.1 Å². The number of amides is 1. The maximum atomic E-state index is 11.9. The van der Waals surface area contributed by atoms with Crippen molar-refractivity contribution in [1.29, 1.82) is 0 Å². The van der Waals surface area contributed by atoms with Gasteiger partial charge in [-0.1, -0.05) is 18.2 Å². The van der Waals surface area contributed by atoms with E-state index in [1.54, 1.807) is 31.4 Å². The molecule has 0 aliphatic heterocycles. The number of ether oxygens (including phenoxy) is 1. The average Bonchev–Trinajstić information content (AvgIpc) is 2.61. The first-order valence-electron chi connectivity index (χ1n) is 8.15. The van der Waals surface area contributed by atoms with Crippen molar-refractivity contribution in [3.8, 4) is 5.75 Å². The van der Waals surface area contributed by atoms with E-state index in [4.69, 9.17) is 9.88 Å². The quantitative estimate of drug-likeness (QED) is 0.574. The van der Waals surface area contributed by atoms with Crippen LogP contribution in [0.15, 0.2) is 53.4 Å². The fraction of sp³-hybridized carbons (Fsp3) is 0.278. The Balaban J connectivity index is 1.67. The zero-order chi connectivity index (χ0) is 19.0. The predicted octanol–water partition coefficient (Wildman–Crippen LogP) is 1.50. The van der Waals surface area contributed by atoms with Gasteiger partial charge < -0.3 is 15.4 Å². The lowest BCUT2D eigenvalue weighted by atomic mass is 10.1. The second-order valence-corrected chi connectivity index (χ2v) is 7.28. The second kappa shape index (κ2) is 9.33. The molecule has 0 heterocycles. The molecule has 7 nitrogen and oxygen atoms in total. The van der Waals surface area contributed by atoms with Gasteiger partial charge in [-0.15, -0.1) is 0 Å². The van der Waals surface area contributed by atoms with Crippen LogP contribution in [0.3, 0.4) is 0 Å². The molecule has 0 bridgehead atoms. The molecular weight excluding hydrogens is 354 g/mol. The van der Waals surface area contributed by atoms with Crippen LogP contribution in [0.2, 0.25) is 0 Å². The van der Waals surface area contributed by atoms with Crippen molar-refractivity contribution in [2.24, 2.45) is 5.14 Å². The van der Waals surface area contributed by atoms with E-state index in [9.17, 15) is 13.2 Å². The van der Waals surface area contributed by atoms with Crippen LogP contribution >= 0.6 is 0 Å². The van der Waals surface area contributed by atoms with Crippen molar-refractivity contribution in [1.82, 2.24) is 5.32 Å². The Morgan fingerprint density at radius 1 is 1.12 bits per heavy atom. The molecule has 0 aromatic heterocycles. The first-order chi connectivity index (χ1) is 12.4. The molecule has 0 aliphatic rings. The Bertz CT molecular complexity index is 836. The van der Waals surface area contributed by atoms with E-state index < -0.39 is 10.0 Å². The summed E-state index contributed by atoms with van der Waals surface area (Å²) in [6.45, 7) is 1.23. The summed E-state index contributed by atoms with van der Waals surface area (Å²) in [5.74, 6) is 0.609. The molecule has 0 radical (unpaired) electrons. The lowest BCUT2D eigenvalue weighted by Gasteiger charge is -2.08. The van der Waals surface area contributed by atoms with Gasteiger partial charge in [-0.2, -0.15) is 0 Å². The monoisotopic (exact) mass is 377 g/mol. The van der Waals surface area contributed by atoms with Crippen LogP contribution in [0.1, 0.15) is 12.0 Å². The van der Waals surface area contributed by atoms with Crippen molar-refractivity contribution in [3.05, 3.63) is 54.1 Å². The highest BCUT2D eigenvalue weighted by Gasteiger charge is 2.07. The van der Waals surface area contributed by atoms with Crippen LogP contribution in [-0.4, -0.2) is 34.5 Å². The van der Waals surface area contributed by atoms with Crippen LogP contribution in [0.4, 0.5) is 5.69 Å². The van der Waals surface area contributed by atoms with Crippen LogP contribution in [0.25, 0.3) is 0 Å². The lowest BCUT2D eigenvalue weighted by Crippen LogP contribution is -2.23. The van der Waals surface area contributed by atoms with Gasteiger partial charge in [0, 0.05) is 24.7 Å². The molecule has 140 valence electrons. The molecule has 2 aromatic rings. The number of methoxy groups -OCH3 is 1. The molecule has 0 spiro atoms. The zero-order valence-corrected chi connectivity index (χ0v) is 15.4. The molecule has 0 saturated heterocycles. The average molecular weight is 377 g/mol. The molecule has 0 fully saturated rings. The number of anilines is 1. The third-order valence-corrected chi connectivity index (χ3v) is 4.65. The molecule has 0 saturated carbocycles. The van der Waals surface area contributed by atoms with Gasteiger partial charge in [0.1, 0.15) is 5.75 Å². The molecule has 2 rings (SSSR count). The Labute approximate surface area is 153 Å². The number of rotatable bonds is 9. The third kappa shape index (κ3) is 6.47. The molecule has 4 N–H and O–H groups in total. The number of nitrogens with two attached hydrogens (primary N) is 1. The number of carbonyl (C=O) groups is 1. The second-order valence-electron chi connectivity index (χ2n) is 5.72. The summed E-state index contributed by atoms with van der Waals surface area (Å²) in [4.78, 5) is 12.0. The van der Waals surface area contributed by atoms with Crippen molar-refractivity contribution in [2.75, 3.05) is 25.5 Å². The minimum absolute atomic E-state index is 0.0803. The highest BCUT2D eigenvalue weighted by Crippen LogP contribution is 2.16. The Morgan fingerprint density at radius 2 is 1.85 bits per heavy atom. The third-order valence-electron chi connectivity index (χ3n) is 3.72. The SMILES string of the molecule is COc1cccc(NC(=O)CCNCCc2ccc(S(N)(=O)=O)cc2)c1. The van der Waals surface area contributed by atoms with Gasteiger partial charge in [0.2, 0.25) is 15.9 Å². The van der Waals surface area contributed by atoms with Crippen molar-refractivity contribution in [2.45, 2.75) is 17.7 Å². The van der Waals surface area contributed by atoms with Gasteiger partial charge >= 0.3 is 0 Å². The highest BCUT2D eigenvalue weighted by atomic mass is 32.2. The zero-order valence-electron chi connectivity index (χ0n) is 14.6. The van der Waals surface area contributed by atoms with Crippen LogP contribution in [0, 0.1) is 0 Å². The van der Waals surface area contributed by atoms with Gasteiger partial charge in [0.15, 0.2) is 0 Å². The van der Waals surface area contributed by atoms with Crippen LogP contribution in [-0.2, 0) is 21.2 Å². The molecule has 26 heavy (non-hydrogen) atoms.